The van der Waals surface area contributed by atoms with Crippen LogP contribution in [0.15, 0.2) is 48.7 Å². The number of anilines is 1. The average Bonchev–Trinajstić information content (AvgIpc) is 3.22. The summed E-state index contributed by atoms with van der Waals surface area (Å²) in [4.78, 5) is 20.9. The van der Waals surface area contributed by atoms with Crippen molar-refractivity contribution in [3.05, 3.63) is 58.6 Å². The number of carboxylic acid groups (broad SMARTS) is 1. The van der Waals surface area contributed by atoms with Gasteiger partial charge in [0, 0.05) is 41.1 Å². The van der Waals surface area contributed by atoms with Crippen LogP contribution in [-0.4, -0.2) is 35.2 Å². The maximum atomic E-state index is 10.9. The molecule has 0 radical (unpaired) electrons. The molecule has 8 heteroatoms. The minimum absolute atomic E-state index is 0.103. The Kier molecular flexibility index (Phi) is 6.06. The molecule has 0 spiro atoms. The van der Waals surface area contributed by atoms with E-state index in [1.165, 1.54) is 11.3 Å². The highest BCUT2D eigenvalue weighted by molar-refractivity contribution is 7.19. The molecule has 0 aliphatic carbocycles. The Balaban J connectivity index is 1.90. The molecule has 0 atom stereocenters. The zero-order chi connectivity index (χ0) is 22.0. The summed E-state index contributed by atoms with van der Waals surface area (Å²) in [5, 5.41) is 12.8. The number of ether oxygens (including phenoxy) is 1. The highest BCUT2D eigenvalue weighted by Gasteiger charge is 2.19. The van der Waals surface area contributed by atoms with Gasteiger partial charge in [-0.15, -0.1) is 11.3 Å². The number of methoxy groups -OCH3 is 1. The van der Waals surface area contributed by atoms with E-state index in [-0.39, 0.29) is 6.42 Å². The first kappa shape index (κ1) is 21.1. The lowest BCUT2D eigenvalue weighted by atomic mass is 9.96. The molecule has 31 heavy (non-hydrogen) atoms. The van der Waals surface area contributed by atoms with E-state index < -0.39 is 5.97 Å². The van der Waals surface area contributed by atoms with Crippen molar-refractivity contribution < 1.29 is 14.6 Å². The summed E-state index contributed by atoms with van der Waals surface area (Å²) in [6, 6.07) is 13.8. The second kappa shape index (κ2) is 8.91. The van der Waals surface area contributed by atoms with Gasteiger partial charge in [-0.2, -0.15) is 0 Å². The molecule has 4 rings (SSSR count). The molecule has 4 aromatic rings. The van der Waals surface area contributed by atoms with Gasteiger partial charge in [-0.05, 0) is 35.7 Å². The Morgan fingerprint density at radius 3 is 2.58 bits per heavy atom. The number of carbonyl (C=O) groups is 1. The number of halogens is 1. The Hall–Kier alpha value is -3.16. The number of thiophene rings is 1. The molecular weight excluding hydrogens is 434 g/mol. The monoisotopic (exact) mass is 453 g/mol. The topological polar surface area (TPSA) is 84.3 Å². The van der Waals surface area contributed by atoms with E-state index in [1.54, 1.807) is 20.4 Å². The van der Waals surface area contributed by atoms with E-state index in [4.69, 9.17) is 21.4 Å². The minimum Gasteiger partial charge on any atom is -0.494 e. The Bertz CT molecular complexity index is 1260. The van der Waals surface area contributed by atoms with Gasteiger partial charge in [0.25, 0.3) is 0 Å². The molecule has 0 amide bonds. The number of nitrogens with one attached hydrogen (secondary N) is 1. The van der Waals surface area contributed by atoms with Crippen LogP contribution in [0.2, 0.25) is 4.34 Å². The fourth-order valence-corrected chi connectivity index (χ4v) is 4.55. The summed E-state index contributed by atoms with van der Waals surface area (Å²) in [7, 11) is 3.40. The zero-order valence-corrected chi connectivity index (χ0v) is 18.5. The van der Waals surface area contributed by atoms with E-state index in [0.29, 0.717) is 28.0 Å². The fourth-order valence-electron chi connectivity index (χ4n) is 3.47. The molecule has 0 unspecified atom stereocenters. The second-order valence-corrected chi connectivity index (χ2v) is 8.62. The first-order chi connectivity index (χ1) is 15.0. The lowest BCUT2D eigenvalue weighted by Crippen LogP contribution is -2.00. The van der Waals surface area contributed by atoms with Crippen LogP contribution in [0.25, 0.3) is 32.5 Å². The van der Waals surface area contributed by atoms with Crippen LogP contribution < -0.4 is 10.1 Å². The molecular formula is C23H20ClN3O3S. The number of rotatable bonds is 7. The molecule has 0 fully saturated rings. The van der Waals surface area contributed by atoms with Gasteiger partial charge in [0.05, 0.1) is 11.4 Å². The lowest BCUT2D eigenvalue weighted by molar-refractivity contribution is -0.136. The van der Waals surface area contributed by atoms with Crippen LogP contribution in [0.1, 0.15) is 12.0 Å². The summed E-state index contributed by atoms with van der Waals surface area (Å²) < 4.78 is 6.50. The molecule has 2 heterocycles. The van der Waals surface area contributed by atoms with Gasteiger partial charge in [-0.25, -0.2) is 9.97 Å². The van der Waals surface area contributed by atoms with Crippen LogP contribution >= 0.6 is 22.9 Å². The molecule has 0 saturated heterocycles. The van der Waals surface area contributed by atoms with E-state index in [9.17, 15) is 4.79 Å². The maximum absolute atomic E-state index is 10.9. The number of aryl methyl sites for hydroxylation is 1. The van der Waals surface area contributed by atoms with Crippen molar-refractivity contribution in [3.8, 4) is 27.3 Å². The van der Waals surface area contributed by atoms with Crippen LogP contribution in [-0.2, 0) is 11.2 Å². The van der Waals surface area contributed by atoms with E-state index in [1.807, 2.05) is 36.4 Å². The minimum atomic E-state index is -0.806. The number of aromatic nitrogens is 2. The van der Waals surface area contributed by atoms with E-state index in [0.717, 1.165) is 32.5 Å². The zero-order valence-electron chi connectivity index (χ0n) is 17.0. The third-order valence-corrected chi connectivity index (χ3v) is 6.25. The molecule has 2 N–H and O–H groups in total. The number of hydrogen-bond acceptors (Lipinski definition) is 6. The van der Waals surface area contributed by atoms with Crippen molar-refractivity contribution in [2.45, 2.75) is 12.8 Å². The third-order valence-electron chi connectivity index (χ3n) is 4.99. The molecule has 6 nitrogen and oxygen atoms in total. The number of carboxylic acids is 1. The molecule has 0 aliphatic heterocycles. The molecule has 2 aromatic carbocycles. The fraction of sp³-hybridized carbons (Fsp3) is 0.174. The normalized spacial score (nSPS) is 10.9. The van der Waals surface area contributed by atoms with Crippen molar-refractivity contribution in [1.82, 2.24) is 9.97 Å². The summed E-state index contributed by atoms with van der Waals surface area (Å²) in [6.45, 7) is 0. The Morgan fingerprint density at radius 2 is 1.97 bits per heavy atom. The van der Waals surface area contributed by atoms with Crippen molar-refractivity contribution >= 4 is 45.8 Å². The standard InChI is InChI=1S/C23H20ClN3O3S/c1-25-23-26-12-17-16(18-8-9-19(24)31-18)11-15(22(30-2)21(17)27-23)14-6-3-13(4-7-14)5-10-20(28)29/h3-4,6-9,11-12H,5,10H2,1-2H3,(H,28,29)(H,25,26,27). The van der Waals surface area contributed by atoms with Gasteiger partial charge in [-0.3, -0.25) is 4.79 Å². The summed E-state index contributed by atoms with van der Waals surface area (Å²) in [5.74, 6) is 0.347. The van der Waals surface area contributed by atoms with Gasteiger partial charge >= 0.3 is 5.97 Å². The second-order valence-electron chi connectivity index (χ2n) is 6.91. The predicted octanol–water partition coefficient (Wildman–Crippen LogP) is 5.75. The molecule has 2 aromatic heterocycles. The molecule has 0 aliphatic rings. The van der Waals surface area contributed by atoms with Crippen LogP contribution in [0.5, 0.6) is 5.75 Å². The first-order valence-corrected chi connectivity index (χ1v) is 10.8. The summed E-state index contributed by atoms with van der Waals surface area (Å²) >= 11 is 7.70. The third kappa shape index (κ3) is 4.33. The van der Waals surface area contributed by atoms with Gasteiger partial charge in [-0.1, -0.05) is 35.9 Å². The number of aliphatic carboxylic acids is 1. The largest absolute Gasteiger partial charge is 0.494 e. The average molecular weight is 454 g/mol. The van der Waals surface area contributed by atoms with Crippen LogP contribution in [0.4, 0.5) is 5.95 Å². The van der Waals surface area contributed by atoms with E-state index >= 15 is 0 Å². The highest BCUT2D eigenvalue weighted by atomic mass is 35.5. The molecule has 158 valence electrons. The molecule has 0 bridgehead atoms. The first-order valence-electron chi connectivity index (χ1n) is 9.62. The van der Waals surface area contributed by atoms with Gasteiger partial charge in [0.2, 0.25) is 5.95 Å². The van der Waals surface area contributed by atoms with Crippen LogP contribution in [0.3, 0.4) is 0 Å². The van der Waals surface area contributed by atoms with Gasteiger partial charge in [0.15, 0.2) is 5.75 Å². The predicted molar refractivity (Wildman–Crippen MR) is 125 cm³/mol. The summed E-state index contributed by atoms with van der Waals surface area (Å²) in [5.41, 5.74) is 4.48. The van der Waals surface area contributed by atoms with Crippen molar-refractivity contribution in [3.63, 3.8) is 0 Å². The Morgan fingerprint density at radius 1 is 1.19 bits per heavy atom. The Labute approximate surface area is 188 Å². The van der Waals surface area contributed by atoms with Gasteiger partial charge in [0.1, 0.15) is 5.52 Å². The molecule has 0 saturated carbocycles. The summed E-state index contributed by atoms with van der Waals surface area (Å²) in [6.07, 6.45) is 2.38. The van der Waals surface area contributed by atoms with Crippen molar-refractivity contribution in [2.24, 2.45) is 0 Å². The maximum Gasteiger partial charge on any atom is 0.303 e. The number of hydrogen-bond donors (Lipinski definition) is 2. The van der Waals surface area contributed by atoms with Gasteiger partial charge < -0.3 is 15.2 Å². The number of fused-ring (bicyclic) bond motifs is 1. The number of benzene rings is 2. The number of nitrogens with zero attached hydrogens (tertiary/aromatic N) is 2. The van der Waals surface area contributed by atoms with E-state index in [2.05, 4.69) is 21.4 Å². The van der Waals surface area contributed by atoms with Crippen molar-refractivity contribution in [1.29, 1.82) is 0 Å². The highest BCUT2D eigenvalue weighted by Crippen LogP contribution is 2.43. The smallest absolute Gasteiger partial charge is 0.303 e. The lowest BCUT2D eigenvalue weighted by Gasteiger charge is -2.15. The van der Waals surface area contributed by atoms with Crippen molar-refractivity contribution in [2.75, 3.05) is 19.5 Å². The van der Waals surface area contributed by atoms with Crippen LogP contribution in [0, 0.1) is 0 Å². The SMILES string of the molecule is CNc1ncc2c(-c3ccc(Cl)s3)cc(-c3ccc(CCC(=O)O)cc3)c(OC)c2n1. The quantitative estimate of drug-likeness (QED) is 0.371.